The number of nitrogen functional groups attached to an aromatic ring is 1. The maximum atomic E-state index is 13.3. The van der Waals surface area contributed by atoms with E-state index >= 15 is 0 Å². The van der Waals surface area contributed by atoms with E-state index in [-0.39, 0.29) is 5.82 Å². The van der Waals surface area contributed by atoms with Crippen molar-refractivity contribution in [2.24, 2.45) is 7.05 Å². The lowest BCUT2D eigenvalue weighted by molar-refractivity contribution is -0.132. The van der Waals surface area contributed by atoms with Crippen LogP contribution in [0.2, 0.25) is 0 Å². The van der Waals surface area contributed by atoms with Crippen molar-refractivity contribution in [1.82, 2.24) is 29.3 Å². The highest BCUT2D eigenvalue weighted by atomic mass is 16.6. The number of nitrogens with zero attached hydrogens (tertiary/aromatic N) is 7. The summed E-state index contributed by atoms with van der Waals surface area (Å²) in [5, 5.41) is 30.6. The van der Waals surface area contributed by atoms with Crippen LogP contribution >= 0.6 is 0 Å². The Kier molecular flexibility index (Phi) is 5.66. The SMILES string of the molecule is Cn1ccc(-c2cn([C@@H]3O[C@H](C(=O)Nc4ccc5ccc(N6CCC6)nc5c4)[C@@H](O)[C@H]3O)c3ncnc(N)c23)n1. The predicted molar refractivity (Wildman–Crippen MR) is 147 cm³/mol. The standard InChI is InChI=1S/C27H27N9O4/c1-34-10-7-17(33-34)16-12-36(25-20(16)24(28)29-13-30-25)27-22(38)21(37)23(40-27)26(39)31-15-5-3-14-4-6-19(32-18(14)11-15)35-8-2-9-35/h3-7,10-13,21-23,27,37-38H,2,8-9H2,1H3,(H,31,39)(H2,28,29,30)/t21-,22+,23-,27+/m0/s1. The number of rotatable bonds is 5. The molecular weight excluding hydrogens is 514 g/mol. The van der Waals surface area contributed by atoms with Crippen LogP contribution in [0.15, 0.2) is 55.1 Å². The highest BCUT2D eigenvalue weighted by molar-refractivity contribution is 6.00. The monoisotopic (exact) mass is 541 g/mol. The zero-order valence-electron chi connectivity index (χ0n) is 21.5. The Hall–Kier alpha value is -4.59. The number of aliphatic hydroxyl groups excluding tert-OH is 2. The van der Waals surface area contributed by atoms with Crippen LogP contribution in [0.3, 0.4) is 0 Å². The van der Waals surface area contributed by atoms with Gasteiger partial charge >= 0.3 is 0 Å². The zero-order chi connectivity index (χ0) is 27.5. The fraction of sp³-hybridized carbons (Fsp3) is 0.296. The number of pyridine rings is 1. The second-order valence-electron chi connectivity index (χ2n) is 10.1. The number of carbonyl (C=O) groups is 1. The Labute approximate surface area is 227 Å². The molecule has 13 heteroatoms. The van der Waals surface area contributed by atoms with Gasteiger partial charge in [0.15, 0.2) is 12.3 Å². The van der Waals surface area contributed by atoms with E-state index in [1.54, 1.807) is 40.8 Å². The summed E-state index contributed by atoms with van der Waals surface area (Å²) < 4.78 is 9.17. The lowest BCUT2D eigenvalue weighted by Gasteiger charge is -2.32. The summed E-state index contributed by atoms with van der Waals surface area (Å²) in [7, 11) is 1.79. The molecule has 40 heavy (non-hydrogen) atoms. The van der Waals surface area contributed by atoms with Crippen molar-refractivity contribution < 1.29 is 19.7 Å². The van der Waals surface area contributed by atoms with Crippen LogP contribution in [-0.2, 0) is 16.6 Å². The first-order valence-electron chi connectivity index (χ1n) is 13.0. The number of anilines is 3. The van der Waals surface area contributed by atoms with Crippen molar-refractivity contribution in [3.05, 3.63) is 55.1 Å². The molecule has 7 rings (SSSR count). The molecule has 4 aromatic heterocycles. The van der Waals surface area contributed by atoms with E-state index in [1.807, 2.05) is 24.3 Å². The van der Waals surface area contributed by atoms with Crippen molar-refractivity contribution in [3.63, 3.8) is 0 Å². The van der Waals surface area contributed by atoms with Crippen LogP contribution in [-0.4, -0.2) is 76.8 Å². The zero-order valence-corrected chi connectivity index (χ0v) is 21.5. The van der Waals surface area contributed by atoms with Crippen LogP contribution < -0.4 is 16.0 Å². The first kappa shape index (κ1) is 24.5. The van der Waals surface area contributed by atoms with Crippen molar-refractivity contribution in [2.45, 2.75) is 31.0 Å². The van der Waals surface area contributed by atoms with Gasteiger partial charge in [0.05, 0.1) is 16.6 Å². The van der Waals surface area contributed by atoms with Gasteiger partial charge in [0.1, 0.15) is 35.8 Å². The molecule has 0 radical (unpaired) electrons. The van der Waals surface area contributed by atoms with E-state index in [0.29, 0.717) is 28.0 Å². The molecule has 0 unspecified atom stereocenters. The van der Waals surface area contributed by atoms with Crippen LogP contribution in [0.5, 0.6) is 0 Å². The third-order valence-electron chi connectivity index (χ3n) is 7.52. The highest BCUT2D eigenvalue weighted by Crippen LogP contribution is 2.38. The van der Waals surface area contributed by atoms with E-state index in [2.05, 4.69) is 25.3 Å². The highest BCUT2D eigenvalue weighted by Gasteiger charge is 2.48. The van der Waals surface area contributed by atoms with E-state index in [0.717, 1.165) is 36.2 Å². The Bertz CT molecular complexity index is 1760. The van der Waals surface area contributed by atoms with Crippen molar-refractivity contribution in [1.29, 1.82) is 0 Å². The molecule has 2 aliphatic heterocycles. The molecule has 5 aromatic rings. The number of hydrogen-bond acceptors (Lipinski definition) is 10. The normalized spacial score (nSPS) is 22.6. The molecule has 2 fully saturated rings. The molecule has 6 heterocycles. The fourth-order valence-electron chi connectivity index (χ4n) is 5.28. The van der Waals surface area contributed by atoms with Crippen molar-refractivity contribution in [3.8, 4) is 11.3 Å². The van der Waals surface area contributed by atoms with Gasteiger partial charge in [-0.15, -0.1) is 0 Å². The molecule has 0 saturated carbocycles. The fourth-order valence-corrected chi connectivity index (χ4v) is 5.28. The van der Waals surface area contributed by atoms with Crippen LogP contribution in [0.4, 0.5) is 17.3 Å². The maximum Gasteiger partial charge on any atom is 0.256 e. The predicted octanol–water partition coefficient (Wildman–Crippen LogP) is 1.43. The third-order valence-corrected chi connectivity index (χ3v) is 7.52. The summed E-state index contributed by atoms with van der Waals surface area (Å²) in [6.45, 7) is 1.96. The molecule has 4 atom stereocenters. The molecule has 204 valence electrons. The number of aliphatic hydroxyl groups is 2. The number of amides is 1. The molecule has 0 spiro atoms. The van der Waals surface area contributed by atoms with Gasteiger partial charge < -0.3 is 35.5 Å². The Morgan fingerprint density at radius 2 is 1.95 bits per heavy atom. The average molecular weight is 542 g/mol. The maximum absolute atomic E-state index is 13.3. The van der Waals surface area contributed by atoms with Crippen LogP contribution in [0.1, 0.15) is 12.6 Å². The lowest BCUT2D eigenvalue weighted by Crippen LogP contribution is -2.39. The number of ether oxygens (including phenoxy) is 1. The number of fused-ring (bicyclic) bond motifs is 2. The molecular formula is C27H27N9O4. The number of aromatic nitrogens is 6. The number of hydrogen-bond donors (Lipinski definition) is 4. The number of aryl methyl sites for hydroxylation is 1. The molecule has 13 nitrogen and oxygen atoms in total. The smallest absolute Gasteiger partial charge is 0.256 e. The van der Waals surface area contributed by atoms with Crippen LogP contribution in [0, 0.1) is 0 Å². The second kappa shape index (κ2) is 9.26. The third kappa shape index (κ3) is 3.94. The molecule has 2 aliphatic rings. The quantitative estimate of drug-likeness (QED) is 0.255. The van der Waals surface area contributed by atoms with Gasteiger partial charge in [0.2, 0.25) is 0 Å². The number of carbonyl (C=O) groups excluding carboxylic acids is 1. The van der Waals surface area contributed by atoms with E-state index < -0.39 is 30.4 Å². The second-order valence-corrected chi connectivity index (χ2v) is 10.1. The number of nitrogens with one attached hydrogen (secondary N) is 1. The van der Waals surface area contributed by atoms with Gasteiger partial charge in [0.25, 0.3) is 5.91 Å². The van der Waals surface area contributed by atoms with Crippen molar-refractivity contribution >= 4 is 45.2 Å². The van der Waals surface area contributed by atoms with Gasteiger partial charge in [0, 0.05) is 49.2 Å². The minimum absolute atomic E-state index is 0.230. The summed E-state index contributed by atoms with van der Waals surface area (Å²) in [5.74, 6) is 0.535. The lowest BCUT2D eigenvalue weighted by atomic mass is 10.1. The molecule has 0 bridgehead atoms. The largest absolute Gasteiger partial charge is 0.387 e. The first-order chi connectivity index (χ1) is 19.4. The molecule has 5 N–H and O–H groups in total. The molecule has 0 aliphatic carbocycles. The van der Waals surface area contributed by atoms with E-state index in [4.69, 9.17) is 15.5 Å². The number of nitrogens with two attached hydrogens (primary N) is 1. The molecule has 1 aromatic carbocycles. The minimum atomic E-state index is -1.49. The first-order valence-corrected chi connectivity index (χ1v) is 13.0. The summed E-state index contributed by atoms with van der Waals surface area (Å²) in [5.41, 5.74) is 9.07. The van der Waals surface area contributed by atoms with Crippen LogP contribution in [0.25, 0.3) is 33.2 Å². The van der Waals surface area contributed by atoms with E-state index in [1.165, 1.54) is 6.33 Å². The Morgan fingerprint density at radius 3 is 2.70 bits per heavy atom. The average Bonchev–Trinajstić information content (AvgIpc) is 3.59. The van der Waals surface area contributed by atoms with Gasteiger partial charge in [-0.2, -0.15) is 5.10 Å². The Balaban J connectivity index is 1.17. The summed E-state index contributed by atoms with van der Waals surface area (Å²) in [6, 6.07) is 11.2. The topological polar surface area (TPSA) is 169 Å². The van der Waals surface area contributed by atoms with Gasteiger partial charge in [-0.05, 0) is 36.8 Å². The van der Waals surface area contributed by atoms with Gasteiger partial charge in [-0.25, -0.2) is 15.0 Å². The van der Waals surface area contributed by atoms with Gasteiger partial charge in [-0.3, -0.25) is 9.48 Å². The molecule has 2 saturated heterocycles. The summed E-state index contributed by atoms with van der Waals surface area (Å²) >= 11 is 0. The summed E-state index contributed by atoms with van der Waals surface area (Å²) in [6.07, 6.45) is 0.563. The van der Waals surface area contributed by atoms with Gasteiger partial charge in [-0.1, -0.05) is 6.07 Å². The number of benzene rings is 1. The van der Waals surface area contributed by atoms with E-state index in [9.17, 15) is 15.0 Å². The van der Waals surface area contributed by atoms with Crippen molar-refractivity contribution in [2.75, 3.05) is 29.0 Å². The molecule has 1 amide bonds. The summed E-state index contributed by atoms with van der Waals surface area (Å²) in [4.78, 5) is 28.6. The minimum Gasteiger partial charge on any atom is -0.387 e. The Morgan fingerprint density at radius 1 is 1.12 bits per heavy atom.